The molecule has 0 bridgehead atoms. The molecular formula is C30H29N9O. The van der Waals surface area contributed by atoms with Gasteiger partial charge in [0.05, 0.1) is 5.56 Å². The number of imidazole rings is 1. The quantitative estimate of drug-likeness (QED) is 0.273. The highest BCUT2D eigenvalue weighted by Gasteiger charge is 2.33. The third kappa shape index (κ3) is 4.22. The van der Waals surface area contributed by atoms with E-state index in [0.29, 0.717) is 29.5 Å². The van der Waals surface area contributed by atoms with E-state index in [9.17, 15) is 4.79 Å². The first-order valence-electron chi connectivity index (χ1n) is 13.5. The van der Waals surface area contributed by atoms with Gasteiger partial charge in [-0.25, -0.2) is 19.6 Å². The molecule has 1 saturated carbocycles. The number of hydrogen-bond acceptors (Lipinski definition) is 7. The van der Waals surface area contributed by atoms with Crippen molar-refractivity contribution in [3.63, 3.8) is 0 Å². The predicted octanol–water partition coefficient (Wildman–Crippen LogP) is 3.66. The highest BCUT2D eigenvalue weighted by Crippen LogP contribution is 2.37. The van der Waals surface area contributed by atoms with Gasteiger partial charge in [-0.2, -0.15) is 5.10 Å². The third-order valence-electron chi connectivity index (χ3n) is 7.88. The van der Waals surface area contributed by atoms with Gasteiger partial charge in [0.15, 0.2) is 17.3 Å². The summed E-state index contributed by atoms with van der Waals surface area (Å²) >= 11 is 0. The van der Waals surface area contributed by atoms with Crippen LogP contribution in [0, 0.1) is 0 Å². The summed E-state index contributed by atoms with van der Waals surface area (Å²) in [5, 5.41) is 11.1. The molecule has 0 radical (unpaired) electrons. The monoisotopic (exact) mass is 531 g/mol. The Morgan fingerprint density at radius 2 is 1.98 bits per heavy atom. The highest BCUT2D eigenvalue weighted by atomic mass is 16.1. The first-order valence-corrected chi connectivity index (χ1v) is 13.5. The number of rotatable bonds is 7. The Balaban J connectivity index is 1.24. The number of nitrogens with two attached hydrogens (primary N) is 1. The molecule has 4 heterocycles. The molecule has 10 heteroatoms. The van der Waals surface area contributed by atoms with Crippen LogP contribution in [0.3, 0.4) is 0 Å². The van der Waals surface area contributed by atoms with Gasteiger partial charge in [-0.3, -0.25) is 9.36 Å². The summed E-state index contributed by atoms with van der Waals surface area (Å²) in [6.45, 7) is 3.53. The molecule has 1 aromatic carbocycles. The Morgan fingerprint density at radius 3 is 2.77 bits per heavy atom. The van der Waals surface area contributed by atoms with Gasteiger partial charge in [0.25, 0.3) is 0 Å². The highest BCUT2D eigenvalue weighted by molar-refractivity contribution is 5.87. The van der Waals surface area contributed by atoms with Crippen LogP contribution < -0.4 is 16.4 Å². The summed E-state index contributed by atoms with van der Waals surface area (Å²) < 4.78 is 3.80. The molecule has 0 unspecified atom stereocenters. The number of nitrogens with one attached hydrogen (secondary N) is 2. The van der Waals surface area contributed by atoms with E-state index in [1.54, 1.807) is 17.1 Å². The number of fused-ring (bicyclic) bond motifs is 2. The molecule has 40 heavy (non-hydrogen) atoms. The SMILES string of the molecule is C=CC(=O)NC1CC(N[C@H]2CCc3cc(-n4c(-c5cccnc5N)nc5ccc(-n6cccn6)nc54)ccc32)C1. The van der Waals surface area contributed by atoms with Crippen LogP contribution in [-0.4, -0.2) is 47.3 Å². The maximum Gasteiger partial charge on any atom is 0.243 e. The number of nitrogen functional groups attached to an aromatic ring is 1. The van der Waals surface area contributed by atoms with Gasteiger partial charge in [0, 0.05) is 42.4 Å². The molecule has 0 saturated heterocycles. The Hall–Kier alpha value is -4.83. The number of pyridine rings is 2. The average Bonchev–Trinajstić information content (AvgIpc) is 3.70. The van der Waals surface area contributed by atoms with Crippen LogP contribution in [0.1, 0.15) is 36.4 Å². The molecule has 2 aliphatic rings. The van der Waals surface area contributed by atoms with E-state index < -0.39 is 0 Å². The van der Waals surface area contributed by atoms with Crippen LogP contribution in [-0.2, 0) is 11.2 Å². The molecule has 0 aliphatic heterocycles. The Kier molecular flexibility index (Phi) is 5.89. The van der Waals surface area contributed by atoms with Gasteiger partial charge in [-0.1, -0.05) is 12.6 Å². The number of benzene rings is 1. The molecule has 10 nitrogen and oxygen atoms in total. The van der Waals surface area contributed by atoms with Gasteiger partial charge in [0.2, 0.25) is 5.91 Å². The molecule has 7 rings (SSSR count). The summed E-state index contributed by atoms with van der Waals surface area (Å²) in [4.78, 5) is 25.8. The van der Waals surface area contributed by atoms with Crippen LogP contribution in [0.4, 0.5) is 5.82 Å². The molecule has 4 N–H and O–H groups in total. The van der Waals surface area contributed by atoms with E-state index >= 15 is 0 Å². The van der Waals surface area contributed by atoms with E-state index in [1.165, 1.54) is 17.2 Å². The van der Waals surface area contributed by atoms with Crippen LogP contribution in [0.2, 0.25) is 0 Å². The number of amides is 1. The maximum absolute atomic E-state index is 11.6. The summed E-state index contributed by atoms with van der Waals surface area (Å²) in [7, 11) is 0. The van der Waals surface area contributed by atoms with Gasteiger partial charge in [0.1, 0.15) is 11.3 Å². The Morgan fingerprint density at radius 1 is 1.07 bits per heavy atom. The predicted molar refractivity (Wildman–Crippen MR) is 153 cm³/mol. The zero-order valence-corrected chi connectivity index (χ0v) is 21.9. The fourth-order valence-corrected chi connectivity index (χ4v) is 5.84. The summed E-state index contributed by atoms with van der Waals surface area (Å²) in [6.07, 6.45) is 10.5. The zero-order chi connectivity index (χ0) is 27.2. The molecule has 1 fully saturated rings. The second-order valence-electron chi connectivity index (χ2n) is 10.4. The van der Waals surface area contributed by atoms with E-state index in [2.05, 4.69) is 50.1 Å². The lowest BCUT2D eigenvalue weighted by Gasteiger charge is -2.38. The van der Waals surface area contributed by atoms with Crippen LogP contribution in [0.15, 0.2) is 79.8 Å². The van der Waals surface area contributed by atoms with Crippen molar-refractivity contribution in [3.8, 4) is 22.9 Å². The molecule has 5 aromatic rings. The molecule has 1 amide bonds. The van der Waals surface area contributed by atoms with Crippen molar-refractivity contribution < 1.29 is 4.79 Å². The van der Waals surface area contributed by atoms with Crippen molar-refractivity contribution in [2.24, 2.45) is 0 Å². The van der Waals surface area contributed by atoms with Gasteiger partial charge in [-0.15, -0.1) is 0 Å². The molecule has 1 atom stereocenters. The summed E-state index contributed by atoms with van der Waals surface area (Å²) in [5.74, 6) is 1.71. The van der Waals surface area contributed by atoms with E-state index in [1.807, 2.05) is 36.5 Å². The van der Waals surface area contributed by atoms with E-state index in [-0.39, 0.29) is 11.9 Å². The minimum absolute atomic E-state index is 0.104. The maximum atomic E-state index is 11.6. The largest absolute Gasteiger partial charge is 0.383 e. The minimum atomic E-state index is -0.104. The number of hydrogen-bond donors (Lipinski definition) is 3. The lowest BCUT2D eigenvalue weighted by Crippen LogP contribution is -2.52. The second-order valence-corrected chi connectivity index (χ2v) is 10.4. The van der Waals surface area contributed by atoms with E-state index in [0.717, 1.165) is 48.1 Å². The number of aromatic nitrogens is 6. The van der Waals surface area contributed by atoms with Crippen molar-refractivity contribution in [2.45, 2.75) is 43.8 Å². The number of aryl methyl sites for hydroxylation is 1. The number of anilines is 1. The van der Waals surface area contributed by atoms with Crippen molar-refractivity contribution >= 4 is 22.9 Å². The normalized spacial score (nSPS) is 19.8. The standard InChI is InChI=1S/C30H29N9O/c1-2-27(40)35-20-16-19(17-20)34-24-9-6-18-15-21(7-8-22(18)24)39-29(23-5-3-12-32-28(23)31)36-25-10-11-26(37-30(25)39)38-14-4-13-33-38/h2-5,7-8,10-15,19-20,24,34H,1,6,9,16-17H2,(H2,31,32)(H,35,40)/t19?,20?,24-/m0/s1. The van der Waals surface area contributed by atoms with Crippen LogP contribution >= 0.6 is 0 Å². The first kappa shape index (κ1) is 24.2. The van der Waals surface area contributed by atoms with Gasteiger partial charge >= 0.3 is 0 Å². The van der Waals surface area contributed by atoms with Crippen molar-refractivity contribution in [1.82, 2.24) is 39.9 Å². The Labute approximate surface area is 231 Å². The lowest BCUT2D eigenvalue weighted by atomic mass is 9.85. The minimum Gasteiger partial charge on any atom is -0.383 e. The summed E-state index contributed by atoms with van der Waals surface area (Å²) in [5.41, 5.74) is 12.1. The fourth-order valence-electron chi connectivity index (χ4n) is 5.84. The van der Waals surface area contributed by atoms with Crippen molar-refractivity contribution in [3.05, 3.63) is 90.9 Å². The molecule has 0 spiro atoms. The van der Waals surface area contributed by atoms with Gasteiger partial charge in [-0.05, 0) is 85.4 Å². The van der Waals surface area contributed by atoms with Crippen molar-refractivity contribution in [1.29, 1.82) is 0 Å². The molecule has 4 aromatic heterocycles. The first-order chi connectivity index (χ1) is 19.6. The number of carbonyl (C=O) groups excluding carboxylic acids is 1. The summed E-state index contributed by atoms with van der Waals surface area (Å²) in [6, 6.07) is 17.0. The number of carbonyl (C=O) groups is 1. The number of nitrogens with zero attached hydrogens (tertiary/aromatic N) is 6. The van der Waals surface area contributed by atoms with Gasteiger partial charge < -0.3 is 16.4 Å². The zero-order valence-electron chi connectivity index (χ0n) is 21.9. The average molecular weight is 532 g/mol. The lowest BCUT2D eigenvalue weighted by molar-refractivity contribution is -0.117. The fraction of sp³-hybridized carbons (Fsp3) is 0.233. The Bertz CT molecular complexity index is 1730. The second kappa shape index (κ2) is 9.73. The smallest absolute Gasteiger partial charge is 0.243 e. The molecular weight excluding hydrogens is 502 g/mol. The van der Waals surface area contributed by atoms with Crippen LogP contribution in [0.25, 0.3) is 34.1 Å². The third-order valence-corrected chi connectivity index (χ3v) is 7.88. The van der Waals surface area contributed by atoms with Crippen molar-refractivity contribution in [2.75, 3.05) is 5.73 Å². The molecule has 2 aliphatic carbocycles. The van der Waals surface area contributed by atoms with Crippen LogP contribution in [0.5, 0.6) is 0 Å². The molecule has 200 valence electrons. The topological polar surface area (TPSA) is 129 Å². The van der Waals surface area contributed by atoms with E-state index in [4.69, 9.17) is 15.7 Å².